The largest absolute Gasteiger partial charge is 0.491 e. The van der Waals surface area contributed by atoms with E-state index >= 15 is 0 Å². The van der Waals surface area contributed by atoms with E-state index in [0.717, 1.165) is 31.1 Å². The summed E-state index contributed by atoms with van der Waals surface area (Å²) in [6.45, 7) is 8.56. The Balaban J connectivity index is 1.90. The van der Waals surface area contributed by atoms with Gasteiger partial charge in [0, 0.05) is 17.0 Å². The van der Waals surface area contributed by atoms with Gasteiger partial charge < -0.3 is 10.1 Å². The molecule has 2 nitrogen and oxygen atoms in total. The molecule has 1 heterocycles. The minimum atomic E-state index is 0.317. The number of benzene rings is 1. The van der Waals surface area contributed by atoms with E-state index in [9.17, 15) is 0 Å². The highest BCUT2D eigenvalue weighted by molar-refractivity contribution is 8.00. The van der Waals surface area contributed by atoms with Gasteiger partial charge in [0.05, 0.1) is 12.3 Å². The molecule has 1 aromatic carbocycles. The maximum absolute atomic E-state index is 5.92. The van der Waals surface area contributed by atoms with Gasteiger partial charge >= 0.3 is 0 Å². The molecule has 0 saturated heterocycles. The maximum atomic E-state index is 5.92. The van der Waals surface area contributed by atoms with Crippen molar-refractivity contribution in [2.24, 2.45) is 0 Å². The van der Waals surface area contributed by atoms with E-state index in [1.807, 2.05) is 11.8 Å². The molecule has 3 heteroatoms. The number of thioether (sulfide) groups is 1. The Labute approximate surface area is 114 Å². The summed E-state index contributed by atoms with van der Waals surface area (Å²) in [5, 5.41) is 3.46. The summed E-state index contributed by atoms with van der Waals surface area (Å²) >= 11 is 1.94. The third-order valence-corrected chi connectivity index (χ3v) is 4.15. The lowest BCUT2D eigenvalue weighted by molar-refractivity contribution is 0.344. The van der Waals surface area contributed by atoms with Crippen molar-refractivity contribution in [3.8, 4) is 5.75 Å². The standard InChI is InChI=1S/C15H23NOS/c1-15(2,3)18-11-10-17-13-8-4-6-12-7-5-9-16-14(12)13/h4,6,8,16H,5,7,9-11H2,1-3H3. The molecule has 0 aromatic heterocycles. The molecule has 1 aromatic rings. The first-order chi connectivity index (χ1) is 8.56. The first-order valence-corrected chi connectivity index (χ1v) is 7.67. The second-order valence-electron chi connectivity index (χ2n) is 5.63. The number of hydrogen-bond donors (Lipinski definition) is 1. The van der Waals surface area contributed by atoms with Crippen molar-refractivity contribution in [2.75, 3.05) is 24.2 Å². The molecule has 0 radical (unpaired) electrons. The third kappa shape index (κ3) is 3.84. The number of ether oxygens (including phenoxy) is 1. The van der Waals surface area contributed by atoms with Gasteiger partial charge in [-0.25, -0.2) is 0 Å². The Morgan fingerprint density at radius 2 is 2.17 bits per heavy atom. The summed E-state index contributed by atoms with van der Waals surface area (Å²) in [6.07, 6.45) is 2.38. The van der Waals surface area contributed by atoms with E-state index in [4.69, 9.17) is 4.74 Å². The molecule has 18 heavy (non-hydrogen) atoms. The summed E-state index contributed by atoms with van der Waals surface area (Å²) in [5.74, 6) is 2.05. The van der Waals surface area contributed by atoms with Crippen LogP contribution >= 0.6 is 11.8 Å². The molecule has 0 atom stereocenters. The van der Waals surface area contributed by atoms with Gasteiger partial charge in [-0.15, -0.1) is 0 Å². The van der Waals surface area contributed by atoms with Crippen LogP contribution in [0, 0.1) is 0 Å². The van der Waals surface area contributed by atoms with E-state index in [1.165, 1.54) is 17.7 Å². The molecular formula is C15H23NOS. The molecule has 1 aliphatic heterocycles. The molecule has 0 amide bonds. The first-order valence-electron chi connectivity index (χ1n) is 6.69. The van der Waals surface area contributed by atoms with E-state index in [2.05, 4.69) is 44.3 Å². The molecule has 0 unspecified atom stereocenters. The lowest BCUT2D eigenvalue weighted by Crippen LogP contribution is -2.15. The minimum absolute atomic E-state index is 0.317. The Kier molecular flexibility index (Phi) is 4.44. The van der Waals surface area contributed by atoms with Crippen LogP contribution in [-0.2, 0) is 6.42 Å². The zero-order valence-corrected chi connectivity index (χ0v) is 12.4. The zero-order valence-electron chi connectivity index (χ0n) is 11.6. The molecule has 1 N–H and O–H groups in total. The number of rotatable bonds is 4. The Morgan fingerprint density at radius 1 is 1.33 bits per heavy atom. The molecular weight excluding hydrogens is 242 g/mol. The number of anilines is 1. The number of fused-ring (bicyclic) bond motifs is 1. The van der Waals surface area contributed by atoms with E-state index < -0.39 is 0 Å². The highest BCUT2D eigenvalue weighted by Crippen LogP contribution is 2.32. The van der Waals surface area contributed by atoms with Crippen molar-refractivity contribution >= 4 is 17.4 Å². The average molecular weight is 265 g/mol. The Bertz CT molecular complexity index is 398. The van der Waals surface area contributed by atoms with Crippen LogP contribution in [0.1, 0.15) is 32.8 Å². The lowest BCUT2D eigenvalue weighted by atomic mass is 10.0. The molecule has 1 aliphatic rings. The van der Waals surface area contributed by atoms with Gasteiger partial charge in [0.1, 0.15) is 5.75 Å². The van der Waals surface area contributed by atoms with Crippen molar-refractivity contribution in [3.05, 3.63) is 23.8 Å². The summed E-state index contributed by atoms with van der Waals surface area (Å²) in [4.78, 5) is 0. The molecule has 100 valence electrons. The van der Waals surface area contributed by atoms with Gasteiger partial charge in [-0.1, -0.05) is 32.9 Å². The van der Waals surface area contributed by atoms with E-state index in [-0.39, 0.29) is 0 Å². The molecule has 0 aliphatic carbocycles. The fraction of sp³-hybridized carbons (Fsp3) is 0.600. The summed E-state index contributed by atoms with van der Waals surface area (Å²) < 4.78 is 6.23. The fourth-order valence-corrected chi connectivity index (χ4v) is 2.88. The number of nitrogens with one attached hydrogen (secondary N) is 1. The van der Waals surface area contributed by atoms with Gasteiger partial charge in [0.25, 0.3) is 0 Å². The molecule has 0 saturated carbocycles. The fourth-order valence-electron chi connectivity index (χ4n) is 2.10. The van der Waals surface area contributed by atoms with E-state index in [0.29, 0.717) is 4.75 Å². The van der Waals surface area contributed by atoms with Crippen molar-refractivity contribution in [2.45, 2.75) is 38.4 Å². The SMILES string of the molecule is CC(C)(C)SCCOc1cccc2c1NCCC2. The maximum Gasteiger partial charge on any atom is 0.142 e. The number of para-hydroxylation sites is 1. The quantitative estimate of drug-likeness (QED) is 0.833. The van der Waals surface area contributed by atoms with Crippen molar-refractivity contribution in [1.82, 2.24) is 0 Å². The minimum Gasteiger partial charge on any atom is -0.491 e. The van der Waals surface area contributed by atoms with Crippen LogP contribution in [0.3, 0.4) is 0 Å². The van der Waals surface area contributed by atoms with Crippen LogP contribution in [0.4, 0.5) is 5.69 Å². The Morgan fingerprint density at radius 3 is 2.94 bits per heavy atom. The van der Waals surface area contributed by atoms with Crippen LogP contribution in [0.25, 0.3) is 0 Å². The normalized spacial score (nSPS) is 14.8. The first kappa shape index (κ1) is 13.6. The highest BCUT2D eigenvalue weighted by Gasteiger charge is 2.14. The predicted molar refractivity (Wildman–Crippen MR) is 81.0 cm³/mol. The number of aryl methyl sites for hydroxylation is 1. The summed E-state index contributed by atoms with van der Waals surface area (Å²) in [6, 6.07) is 6.36. The third-order valence-electron chi connectivity index (χ3n) is 2.91. The van der Waals surface area contributed by atoms with Crippen molar-refractivity contribution < 1.29 is 4.74 Å². The second-order valence-corrected chi connectivity index (χ2v) is 7.55. The molecule has 0 bridgehead atoms. The molecule has 0 spiro atoms. The smallest absolute Gasteiger partial charge is 0.142 e. The monoisotopic (exact) mass is 265 g/mol. The van der Waals surface area contributed by atoms with Gasteiger partial charge in [-0.05, 0) is 24.5 Å². The van der Waals surface area contributed by atoms with Crippen molar-refractivity contribution in [3.63, 3.8) is 0 Å². The van der Waals surface area contributed by atoms with Crippen LogP contribution in [0.5, 0.6) is 5.75 Å². The summed E-state index contributed by atoms with van der Waals surface area (Å²) in [7, 11) is 0. The van der Waals surface area contributed by atoms with Crippen LogP contribution < -0.4 is 10.1 Å². The van der Waals surface area contributed by atoms with Gasteiger partial charge in [0.2, 0.25) is 0 Å². The second kappa shape index (κ2) is 5.87. The summed E-state index contributed by atoms with van der Waals surface area (Å²) in [5.41, 5.74) is 2.60. The van der Waals surface area contributed by atoms with Gasteiger partial charge in [0.15, 0.2) is 0 Å². The predicted octanol–water partition coefficient (Wildman–Crippen LogP) is 3.96. The zero-order chi connectivity index (χ0) is 13.0. The topological polar surface area (TPSA) is 21.3 Å². The highest BCUT2D eigenvalue weighted by atomic mass is 32.2. The average Bonchev–Trinajstić information content (AvgIpc) is 2.33. The molecule has 0 fully saturated rings. The van der Waals surface area contributed by atoms with E-state index in [1.54, 1.807) is 0 Å². The lowest BCUT2D eigenvalue weighted by Gasteiger charge is -2.22. The van der Waals surface area contributed by atoms with Crippen LogP contribution in [0.2, 0.25) is 0 Å². The van der Waals surface area contributed by atoms with Gasteiger partial charge in [-0.2, -0.15) is 11.8 Å². The van der Waals surface area contributed by atoms with Gasteiger partial charge in [-0.3, -0.25) is 0 Å². The van der Waals surface area contributed by atoms with Crippen LogP contribution in [0.15, 0.2) is 18.2 Å². The Hall–Kier alpha value is -0.830. The molecule has 2 rings (SSSR count). The van der Waals surface area contributed by atoms with Crippen LogP contribution in [-0.4, -0.2) is 23.7 Å². The van der Waals surface area contributed by atoms with Crippen molar-refractivity contribution in [1.29, 1.82) is 0 Å². The number of hydrogen-bond acceptors (Lipinski definition) is 3.